The third-order valence-electron chi connectivity index (χ3n) is 14.6. The van der Waals surface area contributed by atoms with E-state index in [4.69, 9.17) is 33.2 Å². The van der Waals surface area contributed by atoms with Crippen molar-refractivity contribution in [3.05, 3.63) is 0 Å². The number of ether oxygens (including phenoxy) is 7. The lowest BCUT2D eigenvalue weighted by molar-refractivity contribution is -0.173. The molecule has 5 fully saturated rings. The van der Waals surface area contributed by atoms with Gasteiger partial charge in [0.05, 0.1) is 19.6 Å². The van der Waals surface area contributed by atoms with E-state index in [-0.39, 0.29) is 80.9 Å². The Hall–Kier alpha value is -3.95. The van der Waals surface area contributed by atoms with Crippen LogP contribution >= 0.6 is 0 Å². The monoisotopic (exact) mass is 963 g/mol. The second-order valence-electron chi connectivity index (χ2n) is 21.0. The Bertz CT molecular complexity index is 1560. The Balaban J connectivity index is 1.45. The molecule has 16 nitrogen and oxygen atoms in total. The quantitative estimate of drug-likeness (QED) is 0.0365. The first-order chi connectivity index (χ1) is 32.6. The summed E-state index contributed by atoms with van der Waals surface area (Å²) in [6.07, 6.45) is 14.7. The van der Waals surface area contributed by atoms with E-state index < -0.39 is 61.3 Å². The van der Waals surface area contributed by atoms with Crippen LogP contribution < -0.4 is 5.32 Å². The highest BCUT2D eigenvalue weighted by Gasteiger charge is 2.52. The number of carbonyl (C=O) groups excluding carboxylic acids is 7. The molecule has 4 saturated carbocycles. The minimum atomic E-state index is -1.47. The zero-order valence-corrected chi connectivity index (χ0v) is 42.3. The highest BCUT2D eigenvalue weighted by molar-refractivity contribution is 5.73. The number of rotatable bonds is 34. The number of hydrogen-bond acceptors (Lipinski definition) is 15. The maximum absolute atomic E-state index is 13.9. The Morgan fingerprint density at radius 2 is 1.19 bits per heavy atom. The van der Waals surface area contributed by atoms with Crippen LogP contribution in [0.25, 0.3) is 0 Å². The maximum Gasteiger partial charge on any atom is 0.407 e. The smallest absolute Gasteiger partial charge is 0.407 e. The van der Waals surface area contributed by atoms with Crippen LogP contribution in [0, 0.1) is 34.5 Å². The summed E-state index contributed by atoms with van der Waals surface area (Å²) in [6, 6.07) is 0. The van der Waals surface area contributed by atoms with Crippen LogP contribution in [0.4, 0.5) is 4.79 Å². The fourth-order valence-electron chi connectivity index (χ4n) is 10.9. The maximum atomic E-state index is 13.9. The molecular formula is C52H86N2O14. The molecule has 0 aromatic rings. The van der Waals surface area contributed by atoms with Crippen molar-refractivity contribution >= 4 is 41.9 Å². The van der Waals surface area contributed by atoms with E-state index in [0.29, 0.717) is 56.4 Å². The van der Waals surface area contributed by atoms with Crippen LogP contribution in [-0.2, 0) is 61.9 Å². The minimum absolute atomic E-state index is 0.0126. The highest BCUT2D eigenvalue weighted by Crippen LogP contribution is 2.61. The van der Waals surface area contributed by atoms with E-state index in [1.54, 1.807) is 0 Å². The van der Waals surface area contributed by atoms with Gasteiger partial charge in [-0.15, -0.1) is 0 Å². The molecule has 4 unspecified atom stereocenters. The predicted molar refractivity (Wildman–Crippen MR) is 253 cm³/mol. The van der Waals surface area contributed by atoms with Gasteiger partial charge in [-0.1, -0.05) is 40.0 Å². The summed E-state index contributed by atoms with van der Waals surface area (Å²) in [5.74, 6) is -1.25. The lowest BCUT2D eigenvalue weighted by Gasteiger charge is -2.56. The number of carbonyl (C=O) groups is 7. The first kappa shape index (κ1) is 56.6. The molecule has 5 rings (SSSR count). The summed E-state index contributed by atoms with van der Waals surface area (Å²) in [5.41, 5.74) is -1.58. The first-order valence-corrected chi connectivity index (χ1v) is 26.2. The van der Waals surface area contributed by atoms with Crippen LogP contribution in [-0.4, -0.2) is 119 Å². The van der Waals surface area contributed by atoms with Crippen molar-refractivity contribution in [1.29, 1.82) is 0 Å². The Morgan fingerprint density at radius 3 is 1.78 bits per heavy atom. The molecule has 388 valence electrons. The number of likely N-dealkylation sites (tertiary alicyclic amines) is 1. The summed E-state index contributed by atoms with van der Waals surface area (Å²) in [6.45, 7) is 9.37. The third-order valence-corrected chi connectivity index (χ3v) is 14.6. The molecule has 5 aliphatic rings. The van der Waals surface area contributed by atoms with Crippen LogP contribution in [0.5, 0.6) is 0 Å². The molecule has 1 amide bonds. The number of amides is 1. The average molecular weight is 963 g/mol. The van der Waals surface area contributed by atoms with Crippen LogP contribution in [0.15, 0.2) is 0 Å². The van der Waals surface area contributed by atoms with Crippen molar-refractivity contribution in [3.63, 3.8) is 0 Å². The Kier molecular flexibility index (Phi) is 24.9. The average Bonchev–Trinajstić information content (AvgIpc) is 3.82. The topological polar surface area (TPSA) is 199 Å². The van der Waals surface area contributed by atoms with Crippen molar-refractivity contribution < 1.29 is 66.7 Å². The van der Waals surface area contributed by atoms with E-state index in [1.807, 2.05) is 20.8 Å². The highest BCUT2D eigenvalue weighted by atomic mass is 16.6. The molecule has 4 bridgehead atoms. The molecule has 0 aromatic heterocycles. The zero-order chi connectivity index (χ0) is 49.4. The molecule has 4 aliphatic carbocycles. The van der Waals surface area contributed by atoms with Gasteiger partial charge in [-0.05, 0) is 145 Å². The van der Waals surface area contributed by atoms with E-state index >= 15 is 0 Å². The molecule has 0 aromatic carbocycles. The number of alkyl carbamates (subject to hydrolysis) is 1. The van der Waals surface area contributed by atoms with E-state index in [1.165, 1.54) is 26.4 Å². The van der Waals surface area contributed by atoms with Crippen LogP contribution in [0.3, 0.4) is 0 Å². The van der Waals surface area contributed by atoms with Crippen molar-refractivity contribution in [2.45, 2.75) is 194 Å². The molecule has 68 heavy (non-hydrogen) atoms. The summed E-state index contributed by atoms with van der Waals surface area (Å²) in [4.78, 5) is 93.3. The van der Waals surface area contributed by atoms with Gasteiger partial charge in [0.1, 0.15) is 37.9 Å². The summed E-state index contributed by atoms with van der Waals surface area (Å²) < 4.78 is 39.5. The van der Waals surface area contributed by atoms with Crippen molar-refractivity contribution in [2.75, 3.05) is 59.7 Å². The van der Waals surface area contributed by atoms with Crippen LogP contribution in [0.1, 0.15) is 182 Å². The normalized spacial score (nSPS) is 22.8. The fourth-order valence-corrected chi connectivity index (χ4v) is 10.9. The van der Waals surface area contributed by atoms with E-state index in [9.17, 15) is 33.6 Å². The minimum Gasteiger partial charge on any atom is -0.469 e. The van der Waals surface area contributed by atoms with Crippen molar-refractivity contribution in [2.24, 2.45) is 34.5 Å². The molecule has 1 aliphatic heterocycles. The predicted octanol–water partition coefficient (Wildman–Crippen LogP) is 8.57. The van der Waals surface area contributed by atoms with Gasteiger partial charge >= 0.3 is 41.9 Å². The molecule has 1 N–H and O–H groups in total. The van der Waals surface area contributed by atoms with Crippen molar-refractivity contribution in [1.82, 2.24) is 10.2 Å². The summed E-state index contributed by atoms with van der Waals surface area (Å²) >= 11 is 0. The summed E-state index contributed by atoms with van der Waals surface area (Å²) in [7, 11) is 1.30. The van der Waals surface area contributed by atoms with E-state index in [2.05, 4.69) is 17.1 Å². The van der Waals surface area contributed by atoms with Gasteiger partial charge in [0, 0.05) is 45.2 Å². The molecule has 0 spiro atoms. The fraction of sp³-hybridized carbons (Fsp3) is 0.865. The lowest BCUT2D eigenvalue weighted by Crippen LogP contribution is -2.47. The second-order valence-corrected chi connectivity index (χ2v) is 21.0. The van der Waals surface area contributed by atoms with Gasteiger partial charge in [0.15, 0.2) is 0 Å². The van der Waals surface area contributed by atoms with E-state index in [0.717, 1.165) is 77.4 Å². The molecule has 16 heteroatoms. The zero-order valence-electron chi connectivity index (χ0n) is 42.3. The van der Waals surface area contributed by atoms with Gasteiger partial charge < -0.3 is 43.4 Å². The van der Waals surface area contributed by atoms with Crippen molar-refractivity contribution in [3.8, 4) is 0 Å². The SMILES string of the molecule is CCCCCCC(CCC(=O)OCC(COC(=O)CCCCC(=O)OC(C)CC)(COC(=O)CC(C)CCC(=O)OC)COC(=O)CC12CC3CC(CC(C3)C1)C2)OC(=O)NCCN1CCCC1. The van der Waals surface area contributed by atoms with Gasteiger partial charge in [0.2, 0.25) is 0 Å². The first-order valence-electron chi connectivity index (χ1n) is 26.2. The number of unbranched alkanes of at least 4 members (excludes halogenated alkanes) is 4. The molecule has 4 atom stereocenters. The number of methoxy groups -OCH3 is 1. The Morgan fingerprint density at radius 1 is 0.632 bits per heavy atom. The molecule has 1 saturated heterocycles. The van der Waals surface area contributed by atoms with Gasteiger partial charge in [-0.3, -0.25) is 28.8 Å². The largest absolute Gasteiger partial charge is 0.469 e. The third kappa shape index (κ3) is 21.4. The number of esters is 6. The standard InChI is InChI=1S/C52H86N2O14/c1-6-8-9-10-15-43(68-50(61)53-22-25-54-23-13-14-24-54)19-21-46(57)64-35-52(36-65-48(59)26-38(3)18-20-44(55)62-5,34-63-45(56)16-11-12-17-47(58)67-39(4)7-2)37-66-49(60)33-51-30-40-27-41(31-51)29-42(28-40)32-51/h38-43H,6-37H2,1-5H3,(H,53,61). The van der Waals surface area contributed by atoms with Gasteiger partial charge in [0.25, 0.3) is 0 Å². The molecular weight excluding hydrogens is 877 g/mol. The van der Waals surface area contributed by atoms with Crippen LogP contribution in [0.2, 0.25) is 0 Å². The summed E-state index contributed by atoms with van der Waals surface area (Å²) in [5, 5.41) is 2.86. The Labute approximate surface area is 406 Å². The number of nitrogens with one attached hydrogen (secondary N) is 1. The lowest BCUT2D eigenvalue weighted by atomic mass is 9.49. The number of nitrogens with zero attached hydrogens (tertiary/aromatic N) is 1. The van der Waals surface area contributed by atoms with Gasteiger partial charge in [-0.2, -0.15) is 0 Å². The van der Waals surface area contributed by atoms with Gasteiger partial charge in [-0.25, -0.2) is 4.79 Å². The second kappa shape index (κ2) is 29.9. The number of hydrogen-bond donors (Lipinski definition) is 1. The molecule has 0 radical (unpaired) electrons. The molecule has 1 heterocycles.